The maximum Gasteiger partial charge on any atom is 0.488 e. The third-order valence-electron chi connectivity index (χ3n) is 5.21. The van der Waals surface area contributed by atoms with Gasteiger partial charge in [-0.05, 0) is 17.2 Å². The molecule has 2 unspecified atom stereocenters. The van der Waals surface area contributed by atoms with Gasteiger partial charge in [0, 0.05) is 24.4 Å². The van der Waals surface area contributed by atoms with Crippen molar-refractivity contribution >= 4 is 33.4 Å². The molecule has 5 rings (SSSR count). The van der Waals surface area contributed by atoms with E-state index in [1.54, 1.807) is 6.07 Å². The molecule has 0 saturated heterocycles. The summed E-state index contributed by atoms with van der Waals surface area (Å²) in [5.41, 5.74) is 1.71. The summed E-state index contributed by atoms with van der Waals surface area (Å²) >= 11 is 5.12. The van der Waals surface area contributed by atoms with Crippen molar-refractivity contribution in [1.82, 2.24) is 15.0 Å². The highest BCUT2D eigenvalue weighted by atomic mass is 35.5. The number of halogens is 4. The van der Waals surface area contributed by atoms with Gasteiger partial charge in [0.2, 0.25) is 0 Å². The maximum absolute atomic E-state index is 13.9. The molecule has 188 valence electrons. The lowest BCUT2D eigenvalue weighted by Crippen LogP contribution is -2.51. The zero-order chi connectivity index (χ0) is 25.5. The Morgan fingerprint density at radius 2 is 1.86 bits per heavy atom. The zero-order valence-electron chi connectivity index (χ0n) is 18.5. The van der Waals surface area contributed by atoms with E-state index in [-0.39, 0.29) is 27.7 Å². The van der Waals surface area contributed by atoms with Crippen LogP contribution in [-0.2, 0) is 23.2 Å². The van der Waals surface area contributed by atoms with Gasteiger partial charge in [-0.3, -0.25) is 9.19 Å². The minimum atomic E-state index is -4.42. The fraction of sp³-hybridized carbons (Fsp3) is 0.217. The van der Waals surface area contributed by atoms with Crippen LogP contribution in [0.2, 0.25) is 0 Å². The van der Waals surface area contributed by atoms with Gasteiger partial charge in [-0.25, -0.2) is 4.98 Å². The highest BCUT2D eigenvalue weighted by Crippen LogP contribution is 2.49. The molecule has 4 aromatic rings. The van der Waals surface area contributed by atoms with Gasteiger partial charge in [0.1, 0.15) is 6.61 Å². The molecule has 0 spiro atoms. The van der Waals surface area contributed by atoms with Gasteiger partial charge in [-0.15, -0.1) is 0 Å². The number of H-pyrrole nitrogens is 1. The minimum Gasteiger partial charge on any atom is -0.491 e. The van der Waals surface area contributed by atoms with Gasteiger partial charge < -0.3 is 23.9 Å². The van der Waals surface area contributed by atoms with Crippen LogP contribution in [0.15, 0.2) is 59.9 Å². The van der Waals surface area contributed by atoms with Crippen LogP contribution >= 0.6 is 11.6 Å². The predicted octanol–water partition coefficient (Wildman–Crippen LogP) is 5.08. The fourth-order valence-corrected chi connectivity index (χ4v) is 4.63. The first-order chi connectivity index (χ1) is 17.2. The van der Waals surface area contributed by atoms with Crippen molar-refractivity contribution in [2.45, 2.75) is 28.9 Å². The monoisotopic (exact) mass is 539 g/mol. The number of alkyl halides is 4. The van der Waals surface area contributed by atoms with Crippen molar-refractivity contribution in [3.05, 3.63) is 66.0 Å². The Hall–Kier alpha value is -3.51. The predicted molar refractivity (Wildman–Crippen MR) is 124 cm³/mol. The molecule has 0 amide bonds. The normalized spacial score (nSPS) is 19.1. The molecule has 0 saturated carbocycles. The zero-order valence-corrected chi connectivity index (χ0v) is 20.0. The topological polar surface area (TPSA) is 95.6 Å². The number of fused-ring (bicyclic) bond motifs is 2. The number of benzene rings is 2. The first kappa shape index (κ1) is 24.2. The first-order valence-electron chi connectivity index (χ1n) is 10.4. The van der Waals surface area contributed by atoms with Crippen LogP contribution in [0, 0.1) is 0 Å². The largest absolute Gasteiger partial charge is 0.491 e. The number of aromatic nitrogens is 3. The smallest absolute Gasteiger partial charge is 0.488 e. The van der Waals surface area contributed by atoms with E-state index in [4.69, 9.17) is 21.1 Å². The SMILES string of the molecule is COc1c(OCc2ccccc2)ccnc1CS(=O)c1nc2cc3c(cc2[nH]1)OC(F)(F)C(F)(Cl)O3. The second-order valence-electron chi connectivity index (χ2n) is 7.65. The Balaban J connectivity index is 1.38. The van der Waals surface area contributed by atoms with Crippen molar-refractivity contribution in [2.24, 2.45) is 0 Å². The molecule has 2 atom stereocenters. The average Bonchev–Trinajstić information content (AvgIpc) is 3.25. The number of hydrogen-bond acceptors (Lipinski definition) is 7. The van der Waals surface area contributed by atoms with Crippen molar-refractivity contribution < 1.29 is 36.3 Å². The third kappa shape index (κ3) is 4.53. The number of nitrogens with one attached hydrogen (secondary N) is 1. The van der Waals surface area contributed by atoms with Crippen molar-refractivity contribution in [3.8, 4) is 23.0 Å². The molecule has 0 fully saturated rings. The van der Waals surface area contributed by atoms with E-state index in [1.807, 2.05) is 30.3 Å². The highest BCUT2D eigenvalue weighted by Gasteiger charge is 2.63. The third-order valence-corrected chi connectivity index (χ3v) is 6.67. The van der Waals surface area contributed by atoms with Crippen LogP contribution in [0.5, 0.6) is 23.0 Å². The molecule has 1 aliphatic rings. The van der Waals surface area contributed by atoms with Gasteiger partial charge in [-0.2, -0.15) is 13.2 Å². The lowest BCUT2D eigenvalue weighted by Gasteiger charge is -2.33. The molecule has 8 nitrogen and oxygen atoms in total. The second-order valence-corrected chi connectivity index (χ2v) is 9.50. The first-order valence-corrected chi connectivity index (χ1v) is 12.1. The summed E-state index contributed by atoms with van der Waals surface area (Å²) in [6.07, 6.45) is -2.91. The van der Waals surface area contributed by atoms with E-state index in [2.05, 4.69) is 24.4 Å². The van der Waals surface area contributed by atoms with Crippen LogP contribution in [-0.4, -0.2) is 37.7 Å². The van der Waals surface area contributed by atoms with Crippen molar-refractivity contribution in [1.29, 1.82) is 0 Å². The van der Waals surface area contributed by atoms with Crippen LogP contribution in [0.25, 0.3) is 11.0 Å². The molecule has 0 bridgehead atoms. The van der Waals surface area contributed by atoms with E-state index < -0.39 is 28.0 Å². The molecule has 36 heavy (non-hydrogen) atoms. The number of methoxy groups -OCH3 is 1. The van der Waals surface area contributed by atoms with E-state index in [0.717, 1.165) is 17.7 Å². The highest BCUT2D eigenvalue weighted by molar-refractivity contribution is 7.84. The number of aromatic amines is 1. The Morgan fingerprint density at radius 1 is 1.11 bits per heavy atom. The lowest BCUT2D eigenvalue weighted by molar-refractivity contribution is -0.303. The summed E-state index contributed by atoms with van der Waals surface area (Å²) in [6.45, 7) is 0.295. The number of hydrogen-bond donors (Lipinski definition) is 1. The number of nitrogens with zero attached hydrogens (tertiary/aromatic N) is 2. The molecule has 13 heteroatoms. The standard InChI is InChI=1S/C23H17ClF3N3O5S/c1-32-20-16(28-8-7-17(20)33-11-13-5-3-2-4-6-13)12-36(31)21-29-14-9-18-19(10-15(14)30-21)35-23(26,27)22(24,25)34-18/h2-10H,11-12H2,1H3,(H,29,30). The molecule has 2 aromatic heterocycles. The molecule has 2 aromatic carbocycles. The lowest BCUT2D eigenvalue weighted by atomic mass is 10.2. The summed E-state index contributed by atoms with van der Waals surface area (Å²) < 4.78 is 74.7. The molecular formula is C23H17ClF3N3O5S. The van der Waals surface area contributed by atoms with Gasteiger partial charge in [0.25, 0.3) is 0 Å². The van der Waals surface area contributed by atoms with E-state index in [1.165, 1.54) is 13.3 Å². The number of imidazole rings is 1. The minimum absolute atomic E-state index is 0.0240. The van der Waals surface area contributed by atoms with Crippen LogP contribution < -0.4 is 18.9 Å². The Kier molecular flexibility index (Phi) is 6.17. The average molecular weight is 540 g/mol. The molecule has 3 heterocycles. The van der Waals surface area contributed by atoms with E-state index in [9.17, 15) is 17.4 Å². The van der Waals surface area contributed by atoms with Crippen LogP contribution in [0.4, 0.5) is 13.2 Å². The van der Waals surface area contributed by atoms with Crippen LogP contribution in [0.3, 0.4) is 0 Å². The second kappa shape index (κ2) is 9.17. The maximum atomic E-state index is 13.9. The summed E-state index contributed by atoms with van der Waals surface area (Å²) in [7, 11) is -0.307. The Morgan fingerprint density at radius 3 is 2.61 bits per heavy atom. The summed E-state index contributed by atoms with van der Waals surface area (Å²) in [5.74, 6) is -0.174. The summed E-state index contributed by atoms with van der Waals surface area (Å²) in [4.78, 5) is 11.3. The molecular weight excluding hydrogens is 523 g/mol. The van der Waals surface area contributed by atoms with Crippen LogP contribution in [0.1, 0.15) is 11.3 Å². The Labute approximate surface area is 209 Å². The molecule has 0 radical (unpaired) electrons. The van der Waals surface area contributed by atoms with Gasteiger partial charge in [0.15, 0.2) is 28.2 Å². The molecule has 0 aliphatic carbocycles. The number of ether oxygens (including phenoxy) is 4. The fourth-order valence-electron chi connectivity index (χ4n) is 3.49. The summed E-state index contributed by atoms with van der Waals surface area (Å²) in [5, 5.41) is -3.86. The van der Waals surface area contributed by atoms with Gasteiger partial charge in [0.05, 0.1) is 40.4 Å². The quantitative estimate of drug-likeness (QED) is 0.327. The van der Waals surface area contributed by atoms with Gasteiger partial charge >= 0.3 is 11.4 Å². The molecule has 1 N–H and O–H groups in total. The van der Waals surface area contributed by atoms with Crippen molar-refractivity contribution in [2.75, 3.05) is 7.11 Å². The van der Waals surface area contributed by atoms with E-state index >= 15 is 0 Å². The Bertz CT molecular complexity index is 1400. The molecule has 1 aliphatic heterocycles. The van der Waals surface area contributed by atoms with E-state index in [0.29, 0.717) is 23.8 Å². The summed E-state index contributed by atoms with van der Waals surface area (Å²) in [6, 6.07) is 13.5. The number of pyridine rings is 1. The van der Waals surface area contributed by atoms with Gasteiger partial charge in [-0.1, -0.05) is 30.3 Å². The number of rotatable bonds is 7. The van der Waals surface area contributed by atoms with Crippen molar-refractivity contribution in [3.63, 3.8) is 0 Å².